The number of hydrogen-bond donors (Lipinski definition) is 1. The Labute approximate surface area is 135 Å². The smallest absolute Gasteiger partial charge is 0.252 e. The van der Waals surface area contributed by atoms with Crippen LogP contribution in [0.1, 0.15) is 30.6 Å². The van der Waals surface area contributed by atoms with E-state index in [-0.39, 0.29) is 11.9 Å². The summed E-state index contributed by atoms with van der Waals surface area (Å²) in [6, 6.07) is 5.69. The third-order valence-electron chi connectivity index (χ3n) is 2.45. The molecule has 0 aliphatic rings. The van der Waals surface area contributed by atoms with Crippen LogP contribution < -0.4 is 5.32 Å². The fourth-order valence-electron chi connectivity index (χ4n) is 1.66. The van der Waals surface area contributed by atoms with E-state index in [4.69, 9.17) is 11.6 Å². The van der Waals surface area contributed by atoms with Crippen molar-refractivity contribution in [1.29, 1.82) is 0 Å². The van der Waals surface area contributed by atoms with Crippen molar-refractivity contribution in [3.63, 3.8) is 0 Å². The van der Waals surface area contributed by atoms with Crippen molar-refractivity contribution in [1.82, 2.24) is 5.32 Å². The molecule has 0 heterocycles. The molecule has 0 aliphatic heterocycles. The van der Waals surface area contributed by atoms with Crippen molar-refractivity contribution in [3.05, 3.63) is 31.8 Å². The second-order valence-corrected chi connectivity index (χ2v) is 6.96. The van der Waals surface area contributed by atoms with Crippen molar-refractivity contribution < 1.29 is 4.79 Å². The topological polar surface area (TPSA) is 29.1 Å². The van der Waals surface area contributed by atoms with E-state index in [0.717, 1.165) is 14.5 Å². The van der Waals surface area contributed by atoms with Gasteiger partial charge in [-0.3, -0.25) is 4.79 Å². The molecule has 1 amide bonds. The van der Waals surface area contributed by atoms with E-state index < -0.39 is 0 Å². The third-order valence-corrected chi connectivity index (χ3v) is 4.26. The van der Waals surface area contributed by atoms with Crippen molar-refractivity contribution in [3.8, 4) is 0 Å². The summed E-state index contributed by atoms with van der Waals surface area (Å²) in [4.78, 5) is 12.2. The minimum absolute atomic E-state index is 0.0222. The van der Waals surface area contributed by atoms with Crippen molar-refractivity contribution in [2.75, 3.05) is 5.88 Å². The summed E-state index contributed by atoms with van der Waals surface area (Å²) in [5.41, 5.74) is 0.684. The molecular weight excluding hydrogens is 428 g/mol. The van der Waals surface area contributed by atoms with Crippen molar-refractivity contribution in [2.45, 2.75) is 26.3 Å². The quantitative estimate of drug-likeness (QED) is 0.528. The molecule has 1 aromatic carbocycles. The molecule has 0 fully saturated rings. The van der Waals surface area contributed by atoms with E-state index in [1.54, 1.807) is 0 Å². The van der Waals surface area contributed by atoms with Crippen LogP contribution in [0.2, 0.25) is 0 Å². The van der Waals surface area contributed by atoms with E-state index >= 15 is 0 Å². The Balaban J connectivity index is 2.77. The maximum atomic E-state index is 12.2. The first-order chi connectivity index (χ1) is 8.43. The average Bonchev–Trinajstić information content (AvgIpc) is 2.30. The summed E-state index contributed by atoms with van der Waals surface area (Å²) in [6.45, 7) is 4.24. The highest BCUT2D eigenvalue weighted by Crippen LogP contribution is 2.19. The summed E-state index contributed by atoms with van der Waals surface area (Å²) in [7, 11) is 0. The van der Waals surface area contributed by atoms with E-state index in [2.05, 4.69) is 57.7 Å². The van der Waals surface area contributed by atoms with Gasteiger partial charge >= 0.3 is 0 Å². The maximum absolute atomic E-state index is 12.2. The minimum Gasteiger partial charge on any atom is -0.348 e. The molecule has 2 nitrogen and oxygen atoms in total. The molecule has 18 heavy (non-hydrogen) atoms. The second-order valence-electron chi connectivity index (χ2n) is 4.58. The summed E-state index contributed by atoms with van der Waals surface area (Å²) in [6.07, 6.45) is 0.889. The Kier molecular flexibility index (Phi) is 6.95. The van der Waals surface area contributed by atoms with Crippen molar-refractivity contribution in [2.24, 2.45) is 5.92 Å². The third kappa shape index (κ3) is 5.05. The Bertz CT molecular complexity index is 425. The highest BCUT2D eigenvalue weighted by atomic mass is 127. The van der Waals surface area contributed by atoms with E-state index in [0.29, 0.717) is 17.4 Å². The molecule has 0 aliphatic carbocycles. The maximum Gasteiger partial charge on any atom is 0.252 e. The van der Waals surface area contributed by atoms with Crippen LogP contribution in [0, 0.1) is 9.49 Å². The minimum atomic E-state index is -0.0630. The molecule has 1 N–H and O–H groups in total. The number of halogens is 3. The lowest BCUT2D eigenvalue weighted by atomic mass is 10.0. The molecule has 1 aromatic rings. The molecule has 0 spiro atoms. The number of hydrogen-bond acceptors (Lipinski definition) is 1. The second kappa shape index (κ2) is 7.70. The van der Waals surface area contributed by atoms with Crippen LogP contribution in [0.25, 0.3) is 0 Å². The first-order valence-corrected chi connectivity index (χ1v) is 8.16. The predicted octanol–water partition coefficient (Wildman–Crippen LogP) is 4.44. The Hall–Kier alpha value is 0.190. The number of nitrogens with one attached hydrogen (secondary N) is 1. The molecule has 0 saturated heterocycles. The number of benzene rings is 1. The van der Waals surface area contributed by atoms with Gasteiger partial charge in [-0.1, -0.05) is 29.8 Å². The largest absolute Gasteiger partial charge is 0.348 e. The number of carbonyl (C=O) groups excluding carboxylic acids is 1. The van der Waals surface area contributed by atoms with E-state index in [1.165, 1.54) is 0 Å². The van der Waals surface area contributed by atoms with Gasteiger partial charge < -0.3 is 5.32 Å². The Morgan fingerprint density at radius 2 is 2.17 bits per heavy atom. The summed E-state index contributed by atoms with van der Waals surface area (Å²) in [5, 5.41) is 2.99. The Morgan fingerprint density at radius 3 is 2.72 bits per heavy atom. The fraction of sp³-hybridized carbons (Fsp3) is 0.462. The highest BCUT2D eigenvalue weighted by Gasteiger charge is 2.16. The number of amides is 1. The molecular formula is C13H16BrClINO. The van der Waals surface area contributed by atoms with Crippen LogP contribution in [0.15, 0.2) is 22.7 Å². The molecule has 1 rings (SSSR count). The standard InChI is InChI=1S/C13H16BrClINO/c1-8(2)5-10(7-15)17-13(18)11-6-9(14)3-4-12(11)16/h3-4,6,8,10H,5,7H2,1-2H3,(H,17,18). The van der Waals surface area contributed by atoms with Gasteiger partial charge in [0, 0.05) is 20.0 Å². The number of carbonyl (C=O) groups is 1. The van der Waals surface area contributed by atoms with Gasteiger partial charge in [0.05, 0.1) is 5.56 Å². The molecule has 0 aromatic heterocycles. The van der Waals surface area contributed by atoms with Crippen LogP contribution in [0.3, 0.4) is 0 Å². The molecule has 0 radical (unpaired) electrons. The van der Waals surface area contributed by atoms with Crippen LogP contribution in [0.5, 0.6) is 0 Å². The Morgan fingerprint density at radius 1 is 1.50 bits per heavy atom. The van der Waals surface area contributed by atoms with Crippen LogP contribution in [0.4, 0.5) is 0 Å². The SMILES string of the molecule is CC(C)CC(CCl)NC(=O)c1cc(Br)ccc1I. The van der Waals surface area contributed by atoms with Gasteiger partial charge in [-0.05, 0) is 53.1 Å². The zero-order valence-electron chi connectivity index (χ0n) is 10.3. The lowest BCUT2D eigenvalue weighted by Gasteiger charge is -2.18. The van der Waals surface area contributed by atoms with Crippen LogP contribution in [-0.2, 0) is 0 Å². The number of rotatable bonds is 5. The lowest BCUT2D eigenvalue weighted by molar-refractivity contribution is 0.0935. The van der Waals surface area contributed by atoms with Gasteiger partial charge in [0.15, 0.2) is 0 Å². The molecule has 1 unspecified atom stereocenters. The summed E-state index contributed by atoms with van der Waals surface area (Å²) in [5.74, 6) is 0.886. The average molecular weight is 445 g/mol. The van der Waals surface area contributed by atoms with Gasteiger partial charge in [0.1, 0.15) is 0 Å². The van der Waals surface area contributed by atoms with Gasteiger partial charge in [0.25, 0.3) is 5.91 Å². The van der Waals surface area contributed by atoms with Gasteiger partial charge in [-0.25, -0.2) is 0 Å². The van der Waals surface area contributed by atoms with Crippen LogP contribution in [-0.4, -0.2) is 17.8 Å². The lowest BCUT2D eigenvalue weighted by Crippen LogP contribution is -2.37. The zero-order chi connectivity index (χ0) is 13.7. The first-order valence-electron chi connectivity index (χ1n) is 5.76. The van der Waals surface area contributed by atoms with Crippen molar-refractivity contribution >= 4 is 56.0 Å². The van der Waals surface area contributed by atoms with Gasteiger partial charge in [-0.15, -0.1) is 11.6 Å². The molecule has 0 saturated carbocycles. The normalized spacial score (nSPS) is 12.6. The molecule has 0 bridgehead atoms. The summed E-state index contributed by atoms with van der Waals surface area (Å²) >= 11 is 11.4. The van der Waals surface area contributed by atoms with Gasteiger partial charge in [-0.2, -0.15) is 0 Å². The van der Waals surface area contributed by atoms with Gasteiger partial charge in [0.2, 0.25) is 0 Å². The highest BCUT2D eigenvalue weighted by molar-refractivity contribution is 14.1. The first kappa shape index (κ1) is 16.2. The fourth-order valence-corrected chi connectivity index (χ4v) is 2.81. The van der Waals surface area contributed by atoms with E-state index in [9.17, 15) is 4.79 Å². The zero-order valence-corrected chi connectivity index (χ0v) is 14.8. The predicted molar refractivity (Wildman–Crippen MR) is 88.3 cm³/mol. The monoisotopic (exact) mass is 443 g/mol. The molecule has 100 valence electrons. The van der Waals surface area contributed by atoms with E-state index in [1.807, 2.05) is 18.2 Å². The van der Waals surface area contributed by atoms with Crippen LogP contribution >= 0.6 is 50.1 Å². The molecule has 5 heteroatoms. The number of alkyl halides is 1. The summed E-state index contributed by atoms with van der Waals surface area (Å²) < 4.78 is 1.84. The molecule has 1 atom stereocenters.